The lowest BCUT2D eigenvalue weighted by Crippen LogP contribution is -2.25. The monoisotopic (exact) mass is 326 g/mol. The van der Waals surface area contributed by atoms with E-state index in [0.717, 1.165) is 12.0 Å². The van der Waals surface area contributed by atoms with Gasteiger partial charge in [-0.15, -0.1) is 0 Å². The van der Waals surface area contributed by atoms with E-state index in [2.05, 4.69) is 6.92 Å². The smallest absolute Gasteiger partial charge is 0.339 e. The molecule has 4 heteroatoms. The lowest BCUT2D eigenvalue weighted by atomic mass is 9.89. The molecule has 2 atom stereocenters. The summed E-state index contributed by atoms with van der Waals surface area (Å²) >= 11 is 0. The zero-order valence-corrected chi connectivity index (χ0v) is 13.9. The topological polar surface area (TPSA) is 63.6 Å². The second-order valence-electron chi connectivity index (χ2n) is 5.63. The van der Waals surface area contributed by atoms with E-state index in [0.29, 0.717) is 6.42 Å². The van der Waals surface area contributed by atoms with Crippen molar-refractivity contribution in [3.63, 3.8) is 0 Å². The molecule has 2 rings (SSSR count). The number of carbonyl (C=O) groups excluding carboxylic acids is 1. The minimum atomic E-state index is -1.13. The largest absolute Gasteiger partial charge is 0.478 e. The Kier molecular flexibility index (Phi) is 6.13. The van der Waals surface area contributed by atoms with Crippen molar-refractivity contribution in [2.75, 3.05) is 0 Å². The summed E-state index contributed by atoms with van der Waals surface area (Å²) in [4.78, 5) is 23.8. The molecule has 0 saturated carbocycles. The molecule has 24 heavy (non-hydrogen) atoms. The summed E-state index contributed by atoms with van der Waals surface area (Å²) in [6.07, 6.45) is 1.19. The van der Waals surface area contributed by atoms with Gasteiger partial charge in [0.15, 0.2) is 0 Å². The fraction of sp³-hybridized carbons (Fsp3) is 0.300. The van der Waals surface area contributed by atoms with E-state index in [1.807, 2.05) is 37.3 Å². The van der Waals surface area contributed by atoms with Crippen LogP contribution in [0.5, 0.6) is 0 Å². The Labute approximate surface area is 142 Å². The molecule has 2 unspecified atom stereocenters. The Morgan fingerprint density at radius 2 is 1.50 bits per heavy atom. The van der Waals surface area contributed by atoms with Crippen LogP contribution in [0.15, 0.2) is 54.6 Å². The van der Waals surface area contributed by atoms with Gasteiger partial charge in [0.05, 0.1) is 11.1 Å². The second-order valence-corrected chi connectivity index (χ2v) is 5.63. The maximum atomic E-state index is 12.5. The number of carboxylic acid groups (broad SMARTS) is 1. The molecule has 0 radical (unpaired) electrons. The molecule has 2 aromatic rings. The zero-order chi connectivity index (χ0) is 17.5. The van der Waals surface area contributed by atoms with Gasteiger partial charge in [-0.05, 0) is 30.5 Å². The SMILES string of the molecule is CCC(OC(=O)c1ccccc1C(=O)O)C(CC)c1ccccc1. The third-order valence-electron chi connectivity index (χ3n) is 4.15. The van der Waals surface area contributed by atoms with Crippen LogP contribution in [0.3, 0.4) is 0 Å². The predicted molar refractivity (Wildman–Crippen MR) is 92.4 cm³/mol. The summed E-state index contributed by atoms with van der Waals surface area (Å²) in [5.74, 6) is -1.64. The van der Waals surface area contributed by atoms with Crippen LogP contribution in [-0.2, 0) is 4.74 Å². The third-order valence-corrected chi connectivity index (χ3v) is 4.15. The Balaban J connectivity index is 2.24. The molecule has 0 aliphatic heterocycles. The number of carbonyl (C=O) groups is 2. The van der Waals surface area contributed by atoms with E-state index in [9.17, 15) is 14.7 Å². The molecule has 0 aromatic heterocycles. The molecule has 0 heterocycles. The van der Waals surface area contributed by atoms with Crippen molar-refractivity contribution in [2.45, 2.75) is 38.7 Å². The average Bonchev–Trinajstić information content (AvgIpc) is 2.62. The minimum absolute atomic E-state index is 0.0369. The molecule has 0 saturated heterocycles. The molecule has 4 nitrogen and oxygen atoms in total. The van der Waals surface area contributed by atoms with Gasteiger partial charge in [0, 0.05) is 5.92 Å². The number of esters is 1. The van der Waals surface area contributed by atoms with Crippen molar-refractivity contribution in [2.24, 2.45) is 0 Å². The lowest BCUT2D eigenvalue weighted by Gasteiger charge is -2.26. The van der Waals surface area contributed by atoms with E-state index in [-0.39, 0.29) is 23.1 Å². The van der Waals surface area contributed by atoms with Gasteiger partial charge in [0.25, 0.3) is 0 Å². The van der Waals surface area contributed by atoms with Gasteiger partial charge in [-0.3, -0.25) is 0 Å². The van der Waals surface area contributed by atoms with Crippen LogP contribution in [0.1, 0.15) is 58.9 Å². The highest BCUT2D eigenvalue weighted by atomic mass is 16.5. The fourth-order valence-electron chi connectivity index (χ4n) is 2.91. The van der Waals surface area contributed by atoms with Crippen LogP contribution in [0.25, 0.3) is 0 Å². The number of benzene rings is 2. The lowest BCUT2D eigenvalue weighted by molar-refractivity contribution is 0.0213. The Morgan fingerprint density at radius 1 is 0.917 bits per heavy atom. The van der Waals surface area contributed by atoms with E-state index >= 15 is 0 Å². The fourth-order valence-corrected chi connectivity index (χ4v) is 2.91. The third kappa shape index (κ3) is 4.02. The van der Waals surface area contributed by atoms with E-state index < -0.39 is 11.9 Å². The molecule has 1 N–H and O–H groups in total. The Morgan fingerprint density at radius 3 is 2.04 bits per heavy atom. The number of hydrogen-bond donors (Lipinski definition) is 1. The van der Waals surface area contributed by atoms with Crippen LogP contribution in [0, 0.1) is 0 Å². The molecular formula is C20H22O4. The molecule has 0 amide bonds. The summed E-state index contributed by atoms with van der Waals surface area (Å²) in [6, 6.07) is 16.1. The Hall–Kier alpha value is -2.62. The van der Waals surface area contributed by atoms with Crippen molar-refractivity contribution < 1.29 is 19.4 Å². The van der Waals surface area contributed by atoms with Crippen LogP contribution in [0.2, 0.25) is 0 Å². The molecule has 0 bridgehead atoms. The van der Waals surface area contributed by atoms with Crippen molar-refractivity contribution in [3.8, 4) is 0 Å². The van der Waals surface area contributed by atoms with Crippen molar-refractivity contribution >= 4 is 11.9 Å². The van der Waals surface area contributed by atoms with Gasteiger partial charge < -0.3 is 9.84 Å². The quantitative estimate of drug-likeness (QED) is 0.760. The summed E-state index contributed by atoms with van der Waals surface area (Å²) in [7, 11) is 0. The van der Waals surface area contributed by atoms with Gasteiger partial charge >= 0.3 is 11.9 Å². The highest BCUT2D eigenvalue weighted by Crippen LogP contribution is 2.28. The first-order chi connectivity index (χ1) is 11.6. The first-order valence-electron chi connectivity index (χ1n) is 8.16. The Bertz CT molecular complexity index is 694. The summed E-state index contributed by atoms with van der Waals surface area (Å²) in [6.45, 7) is 4.02. The molecule has 0 fully saturated rings. The highest BCUT2D eigenvalue weighted by molar-refractivity contribution is 6.02. The number of rotatable bonds is 7. The molecule has 0 aliphatic rings. The second kappa shape index (κ2) is 8.29. The predicted octanol–water partition coefficient (Wildman–Crippen LogP) is 4.51. The van der Waals surface area contributed by atoms with Gasteiger partial charge in [0.2, 0.25) is 0 Å². The minimum Gasteiger partial charge on any atom is -0.478 e. The van der Waals surface area contributed by atoms with E-state index in [1.165, 1.54) is 12.1 Å². The molecule has 2 aromatic carbocycles. The standard InChI is InChI=1S/C20H22O4/c1-3-15(14-10-6-5-7-11-14)18(4-2)24-20(23)17-13-9-8-12-16(17)19(21)22/h5-13,15,18H,3-4H2,1-2H3,(H,21,22). The average molecular weight is 326 g/mol. The van der Waals surface area contributed by atoms with Crippen molar-refractivity contribution in [1.82, 2.24) is 0 Å². The zero-order valence-electron chi connectivity index (χ0n) is 13.9. The number of hydrogen-bond acceptors (Lipinski definition) is 3. The van der Waals surface area contributed by atoms with E-state index in [1.54, 1.807) is 12.1 Å². The van der Waals surface area contributed by atoms with Crippen molar-refractivity contribution in [1.29, 1.82) is 0 Å². The number of aromatic carboxylic acids is 1. The van der Waals surface area contributed by atoms with E-state index in [4.69, 9.17) is 4.74 Å². The summed E-state index contributed by atoms with van der Waals surface area (Å²) < 4.78 is 5.68. The van der Waals surface area contributed by atoms with Crippen LogP contribution >= 0.6 is 0 Å². The maximum Gasteiger partial charge on any atom is 0.339 e. The number of carboxylic acids is 1. The summed E-state index contributed by atoms with van der Waals surface area (Å²) in [5, 5.41) is 9.23. The number of ether oxygens (including phenoxy) is 1. The summed E-state index contributed by atoms with van der Waals surface area (Å²) in [5.41, 5.74) is 1.17. The molecular weight excluding hydrogens is 304 g/mol. The highest BCUT2D eigenvalue weighted by Gasteiger charge is 2.26. The van der Waals surface area contributed by atoms with Gasteiger partial charge in [-0.1, -0.05) is 56.3 Å². The molecule has 126 valence electrons. The van der Waals surface area contributed by atoms with Gasteiger partial charge in [0.1, 0.15) is 6.10 Å². The van der Waals surface area contributed by atoms with Crippen LogP contribution in [0.4, 0.5) is 0 Å². The van der Waals surface area contributed by atoms with Crippen LogP contribution < -0.4 is 0 Å². The first kappa shape index (κ1) is 17.7. The molecule has 0 aliphatic carbocycles. The maximum absolute atomic E-state index is 12.5. The van der Waals surface area contributed by atoms with Crippen molar-refractivity contribution in [3.05, 3.63) is 71.3 Å². The molecule has 0 spiro atoms. The van der Waals surface area contributed by atoms with Gasteiger partial charge in [-0.2, -0.15) is 0 Å². The normalized spacial score (nSPS) is 13.1. The first-order valence-corrected chi connectivity index (χ1v) is 8.16. The van der Waals surface area contributed by atoms with Crippen LogP contribution in [-0.4, -0.2) is 23.1 Å². The van der Waals surface area contributed by atoms with Gasteiger partial charge in [-0.25, -0.2) is 9.59 Å².